The fraction of sp³-hybridized carbons (Fsp3) is 0.451. The number of aromatic nitrogens is 1. The van der Waals surface area contributed by atoms with Gasteiger partial charge in [0.25, 0.3) is 11.8 Å². The van der Waals surface area contributed by atoms with E-state index < -0.39 is 70.6 Å². The number of aromatic hydroxyl groups is 1. The summed E-state index contributed by atoms with van der Waals surface area (Å²) in [6.45, 7) is 13.9. The number of hydrogen-bond acceptors (Lipinski definition) is 10. The predicted octanol–water partition coefficient (Wildman–Crippen LogP) is 4.61. The Labute approximate surface area is 390 Å². The van der Waals surface area contributed by atoms with Gasteiger partial charge < -0.3 is 39.7 Å². The maximum atomic E-state index is 14.7. The van der Waals surface area contributed by atoms with Gasteiger partial charge in [0.1, 0.15) is 23.9 Å². The molecule has 2 saturated heterocycles. The lowest BCUT2D eigenvalue weighted by Gasteiger charge is -2.37. The number of benzene rings is 3. The van der Waals surface area contributed by atoms with Crippen LogP contribution < -0.4 is 10.7 Å². The van der Waals surface area contributed by atoms with Crippen molar-refractivity contribution in [1.82, 2.24) is 30.1 Å². The number of esters is 1. The molecule has 67 heavy (non-hydrogen) atoms. The SMILES string of the molecule is C=CC(=O)N1CC[C@](O)(C(=O)N(C)[C@H](C(=O)N[C@H]2Cc3cc(O)cc(c3)-c3ccc4c(c3)c(c(-c3ccc(CC(=O)O)cc3)n4CC)CC(C)(C)COC(=O)[C@@H]3CCCN(N3)C2=O)C(C)C)C1. The summed E-state index contributed by atoms with van der Waals surface area (Å²) in [6.07, 6.45) is 2.25. The Morgan fingerprint density at radius 1 is 1.01 bits per heavy atom. The van der Waals surface area contributed by atoms with E-state index in [4.69, 9.17) is 4.74 Å². The molecule has 4 atom stereocenters. The molecule has 1 aromatic heterocycles. The van der Waals surface area contributed by atoms with Gasteiger partial charge in [-0.2, -0.15) is 0 Å². The fourth-order valence-corrected chi connectivity index (χ4v) is 9.91. The number of β-amino-alcohol motifs (C(OH)–C–C–N with tert-alkyl or cyclic N) is 1. The number of aryl methyl sites for hydroxylation is 1. The van der Waals surface area contributed by atoms with E-state index in [2.05, 4.69) is 34.9 Å². The Morgan fingerprint density at radius 3 is 2.40 bits per heavy atom. The normalized spacial score (nSPS) is 21.4. The summed E-state index contributed by atoms with van der Waals surface area (Å²) in [4.78, 5) is 83.3. The first-order valence-electron chi connectivity index (χ1n) is 23.0. The number of likely N-dealkylation sites (tertiary alicyclic amines) is 1. The highest BCUT2D eigenvalue weighted by Crippen LogP contribution is 2.41. The number of amides is 4. The van der Waals surface area contributed by atoms with Crippen molar-refractivity contribution in [3.63, 3.8) is 0 Å². The molecular weight excluding hydrogens is 857 g/mol. The summed E-state index contributed by atoms with van der Waals surface area (Å²) in [5.74, 6) is -4.37. The number of carboxylic acid groups (broad SMARTS) is 1. The van der Waals surface area contributed by atoms with Crippen LogP contribution in [0.3, 0.4) is 0 Å². The molecule has 5 N–H and O–H groups in total. The van der Waals surface area contributed by atoms with E-state index in [-0.39, 0.29) is 51.3 Å². The highest BCUT2D eigenvalue weighted by atomic mass is 16.5. The van der Waals surface area contributed by atoms with Gasteiger partial charge in [-0.1, -0.05) is 70.7 Å². The zero-order valence-corrected chi connectivity index (χ0v) is 39.1. The van der Waals surface area contributed by atoms with E-state index in [0.29, 0.717) is 42.5 Å². The minimum absolute atomic E-state index is 0.0331. The van der Waals surface area contributed by atoms with Crippen LogP contribution in [0.2, 0.25) is 0 Å². The van der Waals surface area contributed by atoms with E-state index >= 15 is 0 Å². The van der Waals surface area contributed by atoms with Crippen LogP contribution in [-0.2, 0) is 59.3 Å². The summed E-state index contributed by atoms with van der Waals surface area (Å²) in [5, 5.41) is 37.4. The van der Waals surface area contributed by atoms with Gasteiger partial charge in [0.15, 0.2) is 5.60 Å². The van der Waals surface area contributed by atoms with E-state index in [1.165, 1.54) is 27.9 Å². The van der Waals surface area contributed by atoms with E-state index in [1.54, 1.807) is 19.9 Å². The minimum atomic E-state index is -1.94. The number of nitrogens with one attached hydrogen (secondary N) is 2. The average Bonchev–Trinajstić information content (AvgIpc) is 3.84. The zero-order chi connectivity index (χ0) is 48.5. The van der Waals surface area contributed by atoms with Crippen molar-refractivity contribution in [3.05, 3.63) is 90.0 Å². The molecule has 0 unspecified atom stereocenters. The van der Waals surface area contributed by atoms with Crippen LogP contribution in [0.4, 0.5) is 0 Å². The molecule has 3 aromatic carbocycles. The van der Waals surface area contributed by atoms with Gasteiger partial charge in [-0.25, -0.2) is 5.43 Å². The van der Waals surface area contributed by atoms with E-state index in [9.17, 15) is 44.1 Å². The standard InChI is InChI=1S/C51H62N6O10/c1-8-42(59)55-20-18-51(66,28-55)49(65)54(7)44(30(3)4)46(62)52-40-23-32-21-35(25-36(58)22-32)34-16-17-41-37(26-34)38(45(56(41)9-2)33-14-12-31(13-15-33)24-43(60)61)27-50(5,6)29-67-48(64)39-11-10-19-57(53-39)47(40)63/h8,12-17,21-22,25-26,30,39-40,44,53,58,66H,1,9-11,18-20,23-24,27-29H2,2-7H3,(H,52,62)(H,60,61)/t39-,40-,44-,51+/m0/s1. The molecule has 0 radical (unpaired) electrons. The molecule has 4 heterocycles. The van der Waals surface area contributed by atoms with Crippen LogP contribution in [-0.4, -0.2) is 127 Å². The number of fused-ring (bicyclic) bond motifs is 6. The number of ether oxygens (including phenoxy) is 1. The van der Waals surface area contributed by atoms with Gasteiger partial charge in [-0.3, -0.25) is 33.8 Å². The third-order valence-electron chi connectivity index (χ3n) is 13.2. The molecule has 7 rings (SSSR count). The van der Waals surface area contributed by atoms with E-state index in [0.717, 1.165) is 39.4 Å². The van der Waals surface area contributed by atoms with Gasteiger partial charge in [-0.05, 0) is 95.8 Å². The summed E-state index contributed by atoms with van der Waals surface area (Å²) in [7, 11) is 1.41. The first-order chi connectivity index (χ1) is 31.7. The molecule has 6 bridgehead atoms. The Kier molecular flexibility index (Phi) is 14.0. The van der Waals surface area contributed by atoms with Gasteiger partial charge in [0.05, 0.1) is 25.3 Å². The minimum Gasteiger partial charge on any atom is -0.508 e. The van der Waals surface area contributed by atoms with Crippen LogP contribution in [0.15, 0.2) is 73.3 Å². The highest BCUT2D eigenvalue weighted by molar-refractivity contribution is 5.97. The number of hydrazine groups is 1. The maximum absolute atomic E-state index is 14.7. The Balaban J connectivity index is 1.29. The Bertz CT molecular complexity index is 2600. The summed E-state index contributed by atoms with van der Waals surface area (Å²) >= 11 is 0. The number of aliphatic hydroxyl groups is 1. The molecule has 4 amide bonds. The molecule has 3 aliphatic rings. The molecule has 2 fully saturated rings. The number of likely N-dealkylation sites (N-methyl/N-ethyl adjacent to an activating group) is 1. The molecule has 0 saturated carbocycles. The molecule has 0 spiro atoms. The van der Waals surface area contributed by atoms with Crippen molar-refractivity contribution < 1.29 is 48.8 Å². The predicted molar refractivity (Wildman–Crippen MR) is 251 cm³/mol. The number of nitrogens with zero attached hydrogens (tertiary/aromatic N) is 4. The summed E-state index contributed by atoms with van der Waals surface area (Å²) in [5.41, 5.74) is 7.00. The van der Waals surface area contributed by atoms with Crippen molar-refractivity contribution in [2.45, 2.75) is 103 Å². The number of cyclic esters (lactones) is 1. The van der Waals surface area contributed by atoms with Gasteiger partial charge in [0, 0.05) is 55.8 Å². The molecule has 3 aliphatic heterocycles. The van der Waals surface area contributed by atoms with Crippen molar-refractivity contribution in [1.29, 1.82) is 0 Å². The molecule has 16 nitrogen and oxygen atoms in total. The number of carbonyl (C=O) groups excluding carboxylic acids is 5. The topological polar surface area (TPSA) is 211 Å². The second kappa shape index (κ2) is 19.4. The third kappa shape index (κ3) is 10.2. The second-order valence-corrected chi connectivity index (χ2v) is 19.3. The highest BCUT2D eigenvalue weighted by Gasteiger charge is 2.48. The molecule has 356 valence electrons. The number of aliphatic carboxylic acids is 1. The number of phenols is 1. The lowest BCUT2D eigenvalue weighted by molar-refractivity contribution is -0.156. The average molecular weight is 919 g/mol. The van der Waals surface area contributed by atoms with Gasteiger partial charge in [0.2, 0.25) is 11.8 Å². The first-order valence-corrected chi connectivity index (χ1v) is 23.0. The number of rotatable bonds is 10. The van der Waals surface area contributed by atoms with Crippen LogP contribution >= 0.6 is 0 Å². The Hall–Kier alpha value is -6.52. The third-order valence-corrected chi connectivity index (χ3v) is 13.2. The summed E-state index contributed by atoms with van der Waals surface area (Å²) < 4.78 is 8.27. The number of phenolic OH excluding ortho intramolecular Hbond substituents is 1. The maximum Gasteiger partial charge on any atom is 0.324 e. The quantitative estimate of drug-likeness (QED) is 0.110. The smallest absolute Gasteiger partial charge is 0.324 e. The van der Waals surface area contributed by atoms with E-state index in [1.807, 2.05) is 56.3 Å². The number of carbonyl (C=O) groups is 6. The molecule has 16 heteroatoms. The van der Waals surface area contributed by atoms with Crippen molar-refractivity contribution in [3.8, 4) is 28.1 Å². The number of carboxylic acids is 1. The molecule has 4 aromatic rings. The first kappa shape index (κ1) is 48.4. The van der Waals surface area contributed by atoms with Gasteiger partial charge in [-0.15, -0.1) is 0 Å². The Morgan fingerprint density at radius 2 is 1.73 bits per heavy atom. The van der Waals surface area contributed by atoms with Crippen LogP contribution in [0.1, 0.15) is 70.6 Å². The summed E-state index contributed by atoms with van der Waals surface area (Å²) in [6, 6.07) is 15.4. The van der Waals surface area contributed by atoms with Crippen LogP contribution in [0.5, 0.6) is 5.75 Å². The molecule has 0 aliphatic carbocycles. The van der Waals surface area contributed by atoms with Crippen molar-refractivity contribution in [2.24, 2.45) is 11.3 Å². The zero-order valence-electron chi connectivity index (χ0n) is 39.1. The van der Waals surface area contributed by atoms with Crippen molar-refractivity contribution >= 4 is 46.5 Å². The van der Waals surface area contributed by atoms with Crippen LogP contribution in [0, 0.1) is 11.3 Å². The number of hydrogen-bond donors (Lipinski definition) is 5. The monoisotopic (exact) mass is 918 g/mol. The lowest BCUT2D eigenvalue weighted by atomic mass is 9.84. The molecular formula is C51H62N6O10. The van der Waals surface area contributed by atoms with Crippen molar-refractivity contribution in [2.75, 3.05) is 33.3 Å². The largest absolute Gasteiger partial charge is 0.508 e. The fourth-order valence-electron chi connectivity index (χ4n) is 9.91. The second-order valence-electron chi connectivity index (χ2n) is 19.3. The van der Waals surface area contributed by atoms with Crippen LogP contribution in [0.25, 0.3) is 33.3 Å². The lowest BCUT2D eigenvalue weighted by Crippen LogP contribution is -2.63. The van der Waals surface area contributed by atoms with Gasteiger partial charge >= 0.3 is 11.9 Å².